The van der Waals surface area contributed by atoms with Crippen LogP contribution < -0.4 is 0 Å². The van der Waals surface area contributed by atoms with Crippen LogP contribution in [0.3, 0.4) is 0 Å². The van der Waals surface area contributed by atoms with Gasteiger partial charge in [0.2, 0.25) is 5.91 Å². The van der Waals surface area contributed by atoms with E-state index in [0.29, 0.717) is 25.8 Å². The van der Waals surface area contributed by atoms with Crippen molar-refractivity contribution in [2.24, 2.45) is 4.99 Å². The van der Waals surface area contributed by atoms with Crippen molar-refractivity contribution >= 4 is 18.2 Å². The summed E-state index contributed by atoms with van der Waals surface area (Å²) in [6.07, 6.45) is 4.46. The molecule has 2 saturated heterocycles. The number of methoxy groups -OCH3 is 1. The van der Waals surface area contributed by atoms with Crippen LogP contribution >= 0.6 is 0 Å². The molecular weight excluding hydrogens is 246 g/mol. The minimum Gasteiger partial charge on any atom is -0.467 e. The highest BCUT2D eigenvalue weighted by atomic mass is 16.5. The lowest BCUT2D eigenvalue weighted by molar-refractivity contribution is -0.163. The summed E-state index contributed by atoms with van der Waals surface area (Å²) in [5.74, 6) is -0.333. The molecule has 106 valence electrons. The molecule has 0 aromatic rings. The molecule has 6 heteroatoms. The molecule has 0 spiro atoms. The molecule has 2 aliphatic rings. The molecule has 0 aromatic heterocycles. The first kappa shape index (κ1) is 13.8. The quantitative estimate of drug-likeness (QED) is 0.418. The second-order valence-corrected chi connectivity index (χ2v) is 5.40. The fourth-order valence-electron chi connectivity index (χ4n) is 2.99. The van der Waals surface area contributed by atoms with Crippen LogP contribution in [0.5, 0.6) is 0 Å². The van der Waals surface area contributed by atoms with Gasteiger partial charge in [0.1, 0.15) is 11.6 Å². The van der Waals surface area contributed by atoms with Gasteiger partial charge >= 0.3 is 5.97 Å². The first-order valence-corrected chi connectivity index (χ1v) is 6.61. The van der Waals surface area contributed by atoms with Gasteiger partial charge in [-0.05, 0) is 25.7 Å². The minimum absolute atomic E-state index is 0.0488. The van der Waals surface area contributed by atoms with E-state index in [1.807, 2.05) is 14.1 Å². The summed E-state index contributed by atoms with van der Waals surface area (Å²) in [5.41, 5.74) is -0.726. The number of carbonyl (C=O) groups excluding carboxylic acids is 2. The highest BCUT2D eigenvalue weighted by Gasteiger charge is 2.54. The van der Waals surface area contributed by atoms with E-state index in [4.69, 9.17) is 4.74 Å². The van der Waals surface area contributed by atoms with E-state index in [9.17, 15) is 9.59 Å². The smallest absolute Gasteiger partial charge is 0.331 e. The molecule has 0 aliphatic carbocycles. The second-order valence-electron chi connectivity index (χ2n) is 5.40. The molecule has 2 atom stereocenters. The van der Waals surface area contributed by atoms with Crippen molar-refractivity contribution in [2.75, 3.05) is 27.7 Å². The van der Waals surface area contributed by atoms with E-state index in [-0.39, 0.29) is 17.9 Å². The van der Waals surface area contributed by atoms with Crippen LogP contribution in [0.1, 0.15) is 25.7 Å². The van der Waals surface area contributed by atoms with Crippen LogP contribution in [0.2, 0.25) is 0 Å². The summed E-state index contributed by atoms with van der Waals surface area (Å²) in [5, 5.41) is 0. The maximum Gasteiger partial charge on any atom is 0.331 e. The first-order chi connectivity index (χ1) is 9.01. The molecule has 1 amide bonds. The van der Waals surface area contributed by atoms with Gasteiger partial charge in [-0.1, -0.05) is 0 Å². The molecule has 0 unspecified atom stereocenters. The van der Waals surface area contributed by atoms with E-state index in [1.54, 1.807) is 16.1 Å². The van der Waals surface area contributed by atoms with Gasteiger partial charge in [-0.3, -0.25) is 9.79 Å². The van der Waals surface area contributed by atoms with Crippen molar-refractivity contribution in [3.05, 3.63) is 0 Å². The molecule has 19 heavy (non-hydrogen) atoms. The Morgan fingerprint density at radius 3 is 2.89 bits per heavy atom. The third-order valence-electron chi connectivity index (χ3n) is 3.91. The zero-order chi connectivity index (χ0) is 14.0. The molecule has 0 radical (unpaired) electrons. The zero-order valence-corrected chi connectivity index (χ0v) is 11.8. The Kier molecular flexibility index (Phi) is 3.78. The Balaban J connectivity index is 2.18. The number of aliphatic imine (C=N–C) groups is 1. The van der Waals surface area contributed by atoms with E-state index in [0.717, 1.165) is 6.42 Å². The number of fused-ring (bicyclic) bond motifs is 1. The second kappa shape index (κ2) is 5.19. The Labute approximate surface area is 113 Å². The Hall–Kier alpha value is -1.59. The highest BCUT2D eigenvalue weighted by molar-refractivity contribution is 5.93. The van der Waals surface area contributed by atoms with Gasteiger partial charge in [0, 0.05) is 20.6 Å². The topological polar surface area (TPSA) is 62.2 Å². The number of esters is 1. The number of nitrogens with zero attached hydrogens (tertiary/aromatic N) is 3. The Morgan fingerprint density at radius 1 is 1.53 bits per heavy atom. The van der Waals surface area contributed by atoms with Crippen molar-refractivity contribution in [1.29, 1.82) is 0 Å². The molecule has 2 fully saturated rings. The predicted molar refractivity (Wildman–Crippen MR) is 70.9 cm³/mol. The van der Waals surface area contributed by atoms with Crippen LogP contribution in [0.25, 0.3) is 0 Å². The molecule has 2 heterocycles. The normalized spacial score (nSPS) is 30.6. The zero-order valence-electron chi connectivity index (χ0n) is 11.8. The van der Waals surface area contributed by atoms with Gasteiger partial charge < -0.3 is 14.5 Å². The monoisotopic (exact) mass is 267 g/mol. The van der Waals surface area contributed by atoms with E-state index in [2.05, 4.69) is 4.99 Å². The fraction of sp³-hybridized carbons (Fsp3) is 0.769. The third-order valence-corrected chi connectivity index (χ3v) is 3.91. The van der Waals surface area contributed by atoms with E-state index < -0.39 is 5.54 Å². The van der Waals surface area contributed by atoms with Crippen molar-refractivity contribution < 1.29 is 14.3 Å². The van der Waals surface area contributed by atoms with Crippen LogP contribution in [0, 0.1) is 0 Å². The summed E-state index contributed by atoms with van der Waals surface area (Å²) >= 11 is 0. The largest absolute Gasteiger partial charge is 0.467 e. The standard InChI is InChI=1S/C13H21N3O3/c1-15(2)9-14-10-5-7-13(12(18)19-3)6-4-8-16(13)11(10)17/h9-10H,4-8H2,1-3H3/t10-,13-/m1/s1. The number of ether oxygens (including phenoxy) is 1. The van der Waals surface area contributed by atoms with Crippen LogP contribution in [0.15, 0.2) is 4.99 Å². The third kappa shape index (κ3) is 2.31. The average molecular weight is 267 g/mol. The maximum absolute atomic E-state index is 12.4. The lowest BCUT2D eigenvalue weighted by Crippen LogP contribution is -2.59. The summed E-state index contributed by atoms with van der Waals surface area (Å²) in [6.45, 7) is 0.627. The number of carbonyl (C=O) groups is 2. The Bertz CT molecular complexity index is 408. The molecular formula is C13H21N3O3. The lowest BCUT2D eigenvalue weighted by atomic mass is 9.84. The first-order valence-electron chi connectivity index (χ1n) is 6.61. The van der Waals surface area contributed by atoms with E-state index >= 15 is 0 Å². The van der Waals surface area contributed by atoms with Crippen molar-refractivity contribution in [3.8, 4) is 0 Å². The number of amides is 1. The predicted octanol–water partition coefficient (Wildman–Crippen LogP) is 0.273. The average Bonchev–Trinajstić information content (AvgIpc) is 2.82. The van der Waals surface area contributed by atoms with Crippen LogP contribution in [0.4, 0.5) is 0 Å². The molecule has 2 rings (SSSR count). The van der Waals surface area contributed by atoms with Gasteiger partial charge in [0.25, 0.3) is 0 Å². The Morgan fingerprint density at radius 2 is 2.26 bits per heavy atom. The van der Waals surface area contributed by atoms with Crippen LogP contribution in [-0.4, -0.2) is 67.3 Å². The van der Waals surface area contributed by atoms with Gasteiger partial charge in [-0.15, -0.1) is 0 Å². The van der Waals surface area contributed by atoms with Gasteiger partial charge in [0.05, 0.1) is 13.4 Å². The van der Waals surface area contributed by atoms with Crippen molar-refractivity contribution in [2.45, 2.75) is 37.3 Å². The van der Waals surface area contributed by atoms with Crippen molar-refractivity contribution in [3.63, 3.8) is 0 Å². The molecule has 0 bridgehead atoms. The molecule has 0 N–H and O–H groups in total. The van der Waals surface area contributed by atoms with Crippen molar-refractivity contribution in [1.82, 2.24) is 9.80 Å². The van der Waals surface area contributed by atoms with Gasteiger partial charge in [-0.25, -0.2) is 4.79 Å². The molecule has 0 aromatic carbocycles. The minimum atomic E-state index is -0.726. The number of hydrogen-bond acceptors (Lipinski definition) is 4. The number of hydrogen-bond donors (Lipinski definition) is 0. The van der Waals surface area contributed by atoms with Crippen LogP contribution in [-0.2, 0) is 14.3 Å². The van der Waals surface area contributed by atoms with E-state index in [1.165, 1.54) is 7.11 Å². The lowest BCUT2D eigenvalue weighted by Gasteiger charge is -2.41. The molecule has 2 aliphatic heterocycles. The molecule has 0 saturated carbocycles. The summed E-state index contributed by atoms with van der Waals surface area (Å²) in [6, 6.07) is -0.363. The number of piperidine rings is 1. The SMILES string of the molecule is COC(=O)[C@]12CCCN1C(=O)[C@H](N=CN(C)C)CC2. The summed E-state index contributed by atoms with van der Waals surface area (Å²) in [7, 11) is 5.12. The highest BCUT2D eigenvalue weighted by Crippen LogP contribution is 2.39. The number of rotatable bonds is 3. The van der Waals surface area contributed by atoms with Gasteiger partial charge in [0.15, 0.2) is 0 Å². The molecule has 6 nitrogen and oxygen atoms in total. The summed E-state index contributed by atoms with van der Waals surface area (Å²) in [4.78, 5) is 32.2. The maximum atomic E-state index is 12.4. The van der Waals surface area contributed by atoms with Gasteiger partial charge in [-0.2, -0.15) is 0 Å². The fourth-order valence-corrected chi connectivity index (χ4v) is 2.99. The summed E-state index contributed by atoms with van der Waals surface area (Å²) < 4.78 is 4.90.